The number of aliphatic hydroxyl groups excluding tert-OH is 1. The van der Waals surface area contributed by atoms with E-state index in [1.807, 2.05) is 36.0 Å². The molecule has 0 bridgehead atoms. The van der Waals surface area contributed by atoms with Crippen molar-refractivity contribution in [1.82, 2.24) is 19.9 Å². The zero-order chi connectivity index (χ0) is 20.1. The van der Waals surface area contributed by atoms with Crippen LogP contribution >= 0.6 is 11.6 Å². The van der Waals surface area contributed by atoms with E-state index >= 15 is 0 Å². The summed E-state index contributed by atoms with van der Waals surface area (Å²) in [7, 11) is 1.97. The van der Waals surface area contributed by atoms with Crippen LogP contribution in [0.1, 0.15) is 24.2 Å². The van der Waals surface area contributed by atoms with E-state index in [2.05, 4.69) is 15.3 Å². The molecule has 0 saturated carbocycles. The molecule has 1 amide bonds. The summed E-state index contributed by atoms with van der Waals surface area (Å²) < 4.78 is 2.02. The smallest absolute Gasteiger partial charge is 0.251 e. The average molecular weight is 397 g/mol. The number of hydrogen-bond donors (Lipinski definition) is 3. The normalized spacial score (nSPS) is 12.0. The number of aryl methyl sites for hydroxylation is 1. The predicted molar refractivity (Wildman–Crippen MR) is 112 cm³/mol. The van der Waals surface area contributed by atoms with Crippen molar-refractivity contribution in [3.8, 4) is 11.3 Å². The topological polar surface area (TPSA) is 82.9 Å². The Balaban J connectivity index is 1.82. The van der Waals surface area contributed by atoms with Gasteiger partial charge >= 0.3 is 0 Å². The zero-order valence-electron chi connectivity index (χ0n) is 15.9. The molecule has 1 aromatic carbocycles. The molecule has 3 aromatic heterocycles. The fourth-order valence-electron chi connectivity index (χ4n) is 3.31. The van der Waals surface area contributed by atoms with Gasteiger partial charge in [-0.25, -0.2) is 4.98 Å². The number of hydrogen-bond acceptors (Lipinski definition) is 3. The molecule has 4 aromatic rings. The maximum absolute atomic E-state index is 12.6. The summed E-state index contributed by atoms with van der Waals surface area (Å²) in [6.45, 7) is 3.41. The molecule has 0 radical (unpaired) electrons. The van der Waals surface area contributed by atoms with Crippen LogP contribution in [0.5, 0.6) is 0 Å². The number of H-pyrrole nitrogens is 1. The van der Waals surface area contributed by atoms with Gasteiger partial charge in [0.05, 0.1) is 17.2 Å². The minimum atomic E-state index is -0.689. The number of pyridine rings is 1. The average Bonchev–Trinajstić information content (AvgIpc) is 3.23. The lowest BCUT2D eigenvalue weighted by Gasteiger charge is -2.23. The summed E-state index contributed by atoms with van der Waals surface area (Å²) in [6.07, 6.45) is 3.68. The Kier molecular flexibility index (Phi) is 4.40. The van der Waals surface area contributed by atoms with Gasteiger partial charge in [0.2, 0.25) is 0 Å². The van der Waals surface area contributed by atoms with Gasteiger partial charge in [-0.2, -0.15) is 0 Å². The van der Waals surface area contributed by atoms with E-state index in [0.29, 0.717) is 10.6 Å². The molecule has 0 atom stereocenters. The van der Waals surface area contributed by atoms with E-state index in [9.17, 15) is 9.90 Å². The lowest BCUT2D eigenvalue weighted by atomic mass is 10.0. The molecule has 7 heteroatoms. The number of fused-ring (bicyclic) bond motifs is 2. The van der Waals surface area contributed by atoms with Crippen LogP contribution in [0.4, 0.5) is 0 Å². The third kappa shape index (κ3) is 3.15. The van der Waals surface area contributed by atoms with E-state index < -0.39 is 5.54 Å². The first kappa shape index (κ1) is 18.5. The standard InChI is InChI=1S/C21H21ClN4O2/c1-21(2,11-27)25-20(28)12-4-5-18-13(8-12)15(10-26(18)3)17-9-14-16(22)6-7-23-19(14)24-17/h4-10,27H,11H2,1-3H3,(H,23,24)(H,25,28). The molecule has 0 saturated heterocycles. The molecule has 144 valence electrons. The number of carbonyl (C=O) groups excluding carboxylic acids is 1. The highest BCUT2D eigenvalue weighted by molar-refractivity contribution is 6.35. The van der Waals surface area contributed by atoms with E-state index in [1.54, 1.807) is 32.2 Å². The van der Waals surface area contributed by atoms with Gasteiger partial charge in [0.15, 0.2) is 0 Å². The minimum Gasteiger partial charge on any atom is -0.394 e. The van der Waals surface area contributed by atoms with Crippen molar-refractivity contribution >= 4 is 39.4 Å². The summed E-state index contributed by atoms with van der Waals surface area (Å²) in [6, 6.07) is 9.32. The van der Waals surface area contributed by atoms with Gasteiger partial charge in [0.25, 0.3) is 5.91 Å². The summed E-state index contributed by atoms with van der Waals surface area (Å²) >= 11 is 6.28. The number of nitrogens with zero attached hydrogens (tertiary/aromatic N) is 2. The molecule has 0 fully saturated rings. The van der Waals surface area contributed by atoms with Crippen LogP contribution in [-0.2, 0) is 7.05 Å². The molecule has 4 rings (SSSR count). The SMILES string of the molecule is Cn1cc(-c2cc3c(Cl)ccnc3[nH]2)c2cc(C(=O)NC(C)(C)CO)ccc21. The van der Waals surface area contributed by atoms with Crippen molar-refractivity contribution in [1.29, 1.82) is 0 Å². The van der Waals surface area contributed by atoms with Gasteiger partial charge in [0.1, 0.15) is 5.65 Å². The van der Waals surface area contributed by atoms with Crippen molar-refractivity contribution in [3.05, 3.63) is 53.3 Å². The van der Waals surface area contributed by atoms with Gasteiger partial charge in [0, 0.05) is 52.6 Å². The minimum absolute atomic E-state index is 0.138. The summed E-state index contributed by atoms with van der Waals surface area (Å²) in [5.41, 5.74) is 3.42. The highest BCUT2D eigenvalue weighted by Gasteiger charge is 2.21. The number of carbonyl (C=O) groups is 1. The largest absolute Gasteiger partial charge is 0.394 e. The second-order valence-electron chi connectivity index (χ2n) is 7.62. The quantitative estimate of drug-likeness (QED) is 0.489. The van der Waals surface area contributed by atoms with Crippen LogP contribution in [0.25, 0.3) is 33.2 Å². The van der Waals surface area contributed by atoms with E-state index in [4.69, 9.17) is 11.6 Å². The Morgan fingerprint density at radius 1 is 1.29 bits per heavy atom. The Labute approximate surface area is 167 Å². The number of rotatable bonds is 4. The van der Waals surface area contributed by atoms with Gasteiger partial charge in [-0.1, -0.05) is 11.6 Å². The van der Waals surface area contributed by atoms with Crippen molar-refractivity contribution in [2.75, 3.05) is 6.61 Å². The van der Waals surface area contributed by atoms with Crippen LogP contribution < -0.4 is 5.32 Å². The lowest BCUT2D eigenvalue weighted by Crippen LogP contribution is -2.46. The monoisotopic (exact) mass is 396 g/mol. The number of amides is 1. The third-order valence-corrected chi connectivity index (χ3v) is 5.20. The van der Waals surface area contributed by atoms with Crippen molar-refractivity contribution in [3.63, 3.8) is 0 Å². The maximum atomic E-state index is 12.6. The Morgan fingerprint density at radius 3 is 2.79 bits per heavy atom. The van der Waals surface area contributed by atoms with E-state index in [0.717, 1.165) is 33.2 Å². The van der Waals surface area contributed by atoms with Gasteiger partial charge in [-0.15, -0.1) is 0 Å². The molecule has 0 aliphatic carbocycles. The van der Waals surface area contributed by atoms with Crippen LogP contribution in [-0.4, -0.2) is 37.7 Å². The summed E-state index contributed by atoms with van der Waals surface area (Å²) in [5, 5.41) is 14.7. The number of aromatic nitrogens is 3. The fourth-order valence-corrected chi connectivity index (χ4v) is 3.51. The Hall–Kier alpha value is -2.83. The van der Waals surface area contributed by atoms with E-state index in [-0.39, 0.29) is 12.5 Å². The first-order chi connectivity index (χ1) is 13.3. The van der Waals surface area contributed by atoms with Crippen LogP contribution in [0.3, 0.4) is 0 Å². The lowest BCUT2D eigenvalue weighted by molar-refractivity contribution is 0.0869. The molecule has 0 unspecified atom stereocenters. The number of aliphatic hydroxyl groups is 1. The second kappa shape index (κ2) is 6.65. The number of halogens is 1. The Morgan fingerprint density at radius 2 is 2.07 bits per heavy atom. The van der Waals surface area contributed by atoms with Crippen LogP contribution in [0.2, 0.25) is 5.02 Å². The number of benzene rings is 1. The van der Waals surface area contributed by atoms with E-state index in [1.165, 1.54) is 0 Å². The highest BCUT2D eigenvalue weighted by Crippen LogP contribution is 2.33. The second-order valence-corrected chi connectivity index (χ2v) is 8.03. The third-order valence-electron chi connectivity index (χ3n) is 4.87. The van der Waals surface area contributed by atoms with Gasteiger partial charge < -0.3 is 20.0 Å². The highest BCUT2D eigenvalue weighted by atomic mass is 35.5. The van der Waals surface area contributed by atoms with Crippen LogP contribution in [0.15, 0.2) is 42.7 Å². The molecule has 0 aliphatic rings. The van der Waals surface area contributed by atoms with Crippen molar-refractivity contribution < 1.29 is 9.90 Å². The number of nitrogens with one attached hydrogen (secondary N) is 2. The predicted octanol–water partition coefficient (Wildman–Crippen LogP) is 3.88. The molecular weight excluding hydrogens is 376 g/mol. The molecular formula is C21H21ClN4O2. The molecule has 28 heavy (non-hydrogen) atoms. The first-order valence-electron chi connectivity index (χ1n) is 8.95. The van der Waals surface area contributed by atoms with Gasteiger partial charge in [-0.3, -0.25) is 4.79 Å². The Bertz CT molecular complexity index is 1210. The number of aromatic amines is 1. The van der Waals surface area contributed by atoms with Crippen molar-refractivity contribution in [2.24, 2.45) is 7.05 Å². The summed E-state index contributed by atoms with van der Waals surface area (Å²) in [5.74, 6) is -0.225. The summed E-state index contributed by atoms with van der Waals surface area (Å²) in [4.78, 5) is 20.3. The molecule has 0 spiro atoms. The molecule has 3 heterocycles. The zero-order valence-corrected chi connectivity index (χ0v) is 16.6. The first-order valence-corrected chi connectivity index (χ1v) is 9.33. The fraction of sp³-hybridized carbons (Fsp3) is 0.238. The van der Waals surface area contributed by atoms with Crippen molar-refractivity contribution in [2.45, 2.75) is 19.4 Å². The molecule has 3 N–H and O–H groups in total. The molecule has 6 nitrogen and oxygen atoms in total. The van der Waals surface area contributed by atoms with Gasteiger partial charge in [-0.05, 0) is 44.2 Å². The van der Waals surface area contributed by atoms with Crippen LogP contribution in [0, 0.1) is 0 Å². The maximum Gasteiger partial charge on any atom is 0.251 e. The molecule has 0 aliphatic heterocycles.